The van der Waals surface area contributed by atoms with Gasteiger partial charge in [0.15, 0.2) is 0 Å². The van der Waals surface area contributed by atoms with E-state index in [1.54, 1.807) is 0 Å². The van der Waals surface area contributed by atoms with Crippen LogP contribution in [0.4, 0.5) is 0 Å². The van der Waals surface area contributed by atoms with Crippen LogP contribution in [0.2, 0.25) is 0 Å². The Bertz CT molecular complexity index is 125. The first kappa shape index (κ1) is 9.94. The molecule has 0 aromatic rings. The summed E-state index contributed by atoms with van der Waals surface area (Å²) in [5.74, 6) is -0.751. The standard InChI is InChI=1S/C7H11O4/c1-10-6(8)4-3-5-7(9)11-2/h4H,3,5H2,1-2H3. The summed E-state index contributed by atoms with van der Waals surface area (Å²) in [5.41, 5.74) is 0. The molecule has 0 aromatic heterocycles. The molecule has 0 N–H and O–H groups in total. The SMILES string of the molecule is COC(=O)[CH]CCC(=O)OC. The van der Waals surface area contributed by atoms with Crippen molar-refractivity contribution in [2.45, 2.75) is 12.8 Å². The van der Waals surface area contributed by atoms with Gasteiger partial charge >= 0.3 is 11.9 Å². The predicted octanol–water partition coefficient (Wildman–Crippen LogP) is 0.317. The maximum absolute atomic E-state index is 10.5. The van der Waals surface area contributed by atoms with Gasteiger partial charge in [0.05, 0.1) is 20.6 Å². The van der Waals surface area contributed by atoms with Crippen molar-refractivity contribution in [3.05, 3.63) is 6.42 Å². The van der Waals surface area contributed by atoms with Crippen molar-refractivity contribution in [3.63, 3.8) is 0 Å². The number of hydrogen-bond acceptors (Lipinski definition) is 4. The van der Waals surface area contributed by atoms with Gasteiger partial charge in [0.25, 0.3) is 0 Å². The van der Waals surface area contributed by atoms with Gasteiger partial charge in [-0.2, -0.15) is 0 Å². The second-order valence-corrected chi connectivity index (χ2v) is 1.84. The molecule has 11 heavy (non-hydrogen) atoms. The molecule has 0 aliphatic heterocycles. The molecule has 0 aliphatic rings. The normalized spacial score (nSPS) is 8.91. The quantitative estimate of drug-likeness (QED) is 0.554. The fourth-order valence-electron chi connectivity index (χ4n) is 0.493. The van der Waals surface area contributed by atoms with Crippen LogP contribution in [0.25, 0.3) is 0 Å². The van der Waals surface area contributed by atoms with Gasteiger partial charge in [-0.05, 0) is 6.42 Å². The molecular formula is C7H11O4. The zero-order chi connectivity index (χ0) is 8.69. The molecule has 63 valence electrons. The Morgan fingerprint density at radius 1 is 1.27 bits per heavy atom. The number of hydrogen-bond donors (Lipinski definition) is 0. The summed E-state index contributed by atoms with van der Waals surface area (Å²) in [4.78, 5) is 20.9. The van der Waals surface area contributed by atoms with Gasteiger partial charge in [-0.25, -0.2) is 0 Å². The number of ether oxygens (including phenoxy) is 2. The lowest BCUT2D eigenvalue weighted by molar-refractivity contribution is -0.140. The van der Waals surface area contributed by atoms with E-state index < -0.39 is 5.97 Å². The molecule has 0 spiro atoms. The second-order valence-electron chi connectivity index (χ2n) is 1.84. The smallest absolute Gasteiger partial charge is 0.309 e. The van der Waals surface area contributed by atoms with Gasteiger partial charge in [0.2, 0.25) is 0 Å². The first-order valence-corrected chi connectivity index (χ1v) is 3.18. The predicted molar refractivity (Wildman–Crippen MR) is 37.6 cm³/mol. The first-order valence-electron chi connectivity index (χ1n) is 3.18. The summed E-state index contributed by atoms with van der Waals surface area (Å²) in [6.07, 6.45) is 1.88. The number of carbonyl (C=O) groups is 2. The largest absolute Gasteiger partial charge is 0.469 e. The Kier molecular flexibility index (Phi) is 5.15. The van der Waals surface area contributed by atoms with Gasteiger partial charge in [0, 0.05) is 6.42 Å². The molecule has 0 amide bonds. The second kappa shape index (κ2) is 5.70. The van der Waals surface area contributed by atoms with E-state index in [1.807, 2.05) is 0 Å². The van der Waals surface area contributed by atoms with Gasteiger partial charge in [-0.3, -0.25) is 9.59 Å². The third-order valence-corrected chi connectivity index (χ3v) is 1.09. The third kappa shape index (κ3) is 5.39. The Morgan fingerprint density at radius 2 is 1.91 bits per heavy atom. The van der Waals surface area contributed by atoms with E-state index in [1.165, 1.54) is 20.6 Å². The minimum absolute atomic E-state index is 0.214. The highest BCUT2D eigenvalue weighted by molar-refractivity contribution is 5.79. The van der Waals surface area contributed by atoms with Gasteiger partial charge < -0.3 is 9.47 Å². The monoisotopic (exact) mass is 159 g/mol. The lowest BCUT2D eigenvalue weighted by atomic mass is 10.2. The lowest BCUT2D eigenvalue weighted by Gasteiger charge is -1.97. The Morgan fingerprint density at radius 3 is 2.36 bits per heavy atom. The molecule has 0 saturated carbocycles. The van der Waals surface area contributed by atoms with Crippen LogP contribution in [-0.2, 0) is 19.1 Å². The fourth-order valence-corrected chi connectivity index (χ4v) is 0.493. The molecule has 4 heteroatoms. The van der Waals surface area contributed by atoms with E-state index in [-0.39, 0.29) is 12.4 Å². The molecule has 0 saturated heterocycles. The minimum Gasteiger partial charge on any atom is -0.469 e. The van der Waals surface area contributed by atoms with Crippen molar-refractivity contribution >= 4 is 11.9 Å². The lowest BCUT2D eigenvalue weighted by Crippen LogP contribution is -2.04. The van der Waals surface area contributed by atoms with E-state index >= 15 is 0 Å². The molecule has 4 nitrogen and oxygen atoms in total. The van der Waals surface area contributed by atoms with Crippen LogP contribution in [0.5, 0.6) is 0 Å². The van der Waals surface area contributed by atoms with Crippen molar-refractivity contribution < 1.29 is 19.1 Å². The Balaban J connectivity index is 3.27. The zero-order valence-corrected chi connectivity index (χ0v) is 6.62. The number of methoxy groups -OCH3 is 2. The van der Waals surface area contributed by atoms with E-state index in [9.17, 15) is 9.59 Å². The summed E-state index contributed by atoms with van der Waals surface area (Å²) < 4.78 is 8.67. The number of esters is 2. The maximum Gasteiger partial charge on any atom is 0.309 e. The topological polar surface area (TPSA) is 52.6 Å². The highest BCUT2D eigenvalue weighted by atomic mass is 16.5. The summed E-state index contributed by atoms with van der Waals surface area (Å²) >= 11 is 0. The first-order chi connectivity index (χ1) is 5.20. The summed E-state index contributed by atoms with van der Waals surface area (Å²) in [5, 5.41) is 0. The fraction of sp³-hybridized carbons (Fsp3) is 0.571. The van der Waals surface area contributed by atoms with Crippen molar-refractivity contribution in [2.75, 3.05) is 14.2 Å². The maximum atomic E-state index is 10.5. The zero-order valence-electron chi connectivity index (χ0n) is 6.62. The van der Waals surface area contributed by atoms with Crippen LogP contribution < -0.4 is 0 Å². The van der Waals surface area contributed by atoms with E-state index in [0.29, 0.717) is 6.42 Å². The molecule has 0 rings (SSSR count). The van der Waals surface area contributed by atoms with E-state index in [4.69, 9.17) is 0 Å². The summed E-state index contributed by atoms with van der Waals surface area (Å²) in [7, 11) is 2.59. The van der Waals surface area contributed by atoms with Crippen LogP contribution in [0.15, 0.2) is 0 Å². The van der Waals surface area contributed by atoms with Crippen molar-refractivity contribution in [2.24, 2.45) is 0 Å². The van der Waals surface area contributed by atoms with Crippen LogP contribution in [0.3, 0.4) is 0 Å². The Hall–Kier alpha value is -1.06. The van der Waals surface area contributed by atoms with Crippen molar-refractivity contribution in [1.82, 2.24) is 0 Å². The van der Waals surface area contributed by atoms with Crippen LogP contribution in [-0.4, -0.2) is 26.2 Å². The van der Waals surface area contributed by atoms with Crippen LogP contribution in [0, 0.1) is 6.42 Å². The molecule has 0 bridgehead atoms. The minimum atomic E-state index is -0.422. The van der Waals surface area contributed by atoms with Gasteiger partial charge in [0.1, 0.15) is 0 Å². The van der Waals surface area contributed by atoms with E-state index in [2.05, 4.69) is 9.47 Å². The summed E-state index contributed by atoms with van der Waals surface area (Å²) in [6, 6.07) is 0. The summed E-state index contributed by atoms with van der Waals surface area (Å²) in [6.45, 7) is 0. The third-order valence-electron chi connectivity index (χ3n) is 1.09. The molecule has 0 heterocycles. The highest BCUT2D eigenvalue weighted by Crippen LogP contribution is 1.96. The molecule has 0 unspecified atom stereocenters. The number of carbonyl (C=O) groups excluding carboxylic acids is 2. The van der Waals surface area contributed by atoms with Gasteiger partial charge in [-0.15, -0.1) is 0 Å². The van der Waals surface area contributed by atoms with Crippen LogP contribution >= 0.6 is 0 Å². The molecule has 1 radical (unpaired) electrons. The van der Waals surface area contributed by atoms with E-state index in [0.717, 1.165) is 0 Å². The van der Waals surface area contributed by atoms with Crippen molar-refractivity contribution in [1.29, 1.82) is 0 Å². The van der Waals surface area contributed by atoms with Crippen molar-refractivity contribution in [3.8, 4) is 0 Å². The highest BCUT2D eigenvalue weighted by Gasteiger charge is 2.04. The molecular weight excluding hydrogens is 148 g/mol. The van der Waals surface area contributed by atoms with Gasteiger partial charge in [-0.1, -0.05) is 0 Å². The molecule has 0 aliphatic carbocycles. The average Bonchev–Trinajstić information content (AvgIpc) is 2.04. The average molecular weight is 159 g/mol. The van der Waals surface area contributed by atoms with Crippen LogP contribution in [0.1, 0.15) is 12.8 Å². The molecule has 0 fully saturated rings. The number of rotatable bonds is 4. The molecule has 0 atom stereocenters. The Labute approximate surface area is 65.5 Å². The molecule has 0 aromatic carbocycles.